The standard InChI is InChI=1S/C15H10ClNO3/c16-10-7-4-8-17-12(10)11-13(18)14(20-15(11)19)9-5-2-1-3-6-9/h1-8,14,18H. The van der Waals surface area contributed by atoms with Crippen LogP contribution in [-0.4, -0.2) is 16.1 Å². The predicted molar refractivity (Wildman–Crippen MR) is 74.1 cm³/mol. The molecule has 1 unspecified atom stereocenters. The molecule has 1 aromatic heterocycles. The second-order valence-corrected chi connectivity index (χ2v) is 4.70. The van der Waals surface area contributed by atoms with Crippen LogP contribution in [0.25, 0.3) is 5.57 Å². The normalized spacial score (nSPS) is 18.2. The average Bonchev–Trinajstić information content (AvgIpc) is 2.76. The summed E-state index contributed by atoms with van der Waals surface area (Å²) in [5, 5.41) is 10.6. The molecule has 1 N–H and O–H groups in total. The van der Waals surface area contributed by atoms with Gasteiger partial charge in [-0.2, -0.15) is 0 Å². The van der Waals surface area contributed by atoms with Crippen LogP contribution in [0.15, 0.2) is 54.4 Å². The zero-order valence-electron chi connectivity index (χ0n) is 10.3. The van der Waals surface area contributed by atoms with Gasteiger partial charge in [-0.05, 0) is 12.1 Å². The van der Waals surface area contributed by atoms with Crippen molar-refractivity contribution in [2.75, 3.05) is 0 Å². The first kappa shape index (κ1) is 12.7. The number of ether oxygens (including phenoxy) is 1. The van der Waals surface area contributed by atoms with Crippen LogP contribution >= 0.6 is 11.6 Å². The molecule has 1 aromatic carbocycles. The van der Waals surface area contributed by atoms with Crippen LogP contribution in [0.4, 0.5) is 0 Å². The highest BCUT2D eigenvalue weighted by Gasteiger charge is 2.37. The van der Waals surface area contributed by atoms with Crippen molar-refractivity contribution in [2.45, 2.75) is 6.10 Å². The molecule has 1 aliphatic heterocycles. The molecule has 0 bridgehead atoms. The van der Waals surface area contributed by atoms with Gasteiger partial charge >= 0.3 is 5.97 Å². The van der Waals surface area contributed by atoms with Crippen molar-refractivity contribution in [1.82, 2.24) is 4.98 Å². The Labute approximate surface area is 120 Å². The Morgan fingerprint density at radius 1 is 1.15 bits per heavy atom. The number of pyridine rings is 1. The third kappa shape index (κ3) is 2.04. The maximum Gasteiger partial charge on any atom is 0.345 e. The van der Waals surface area contributed by atoms with Crippen molar-refractivity contribution < 1.29 is 14.6 Å². The van der Waals surface area contributed by atoms with Gasteiger partial charge in [-0.25, -0.2) is 4.79 Å². The summed E-state index contributed by atoms with van der Waals surface area (Å²) in [4.78, 5) is 16.0. The van der Waals surface area contributed by atoms with Crippen molar-refractivity contribution in [3.8, 4) is 0 Å². The van der Waals surface area contributed by atoms with Crippen molar-refractivity contribution in [2.24, 2.45) is 0 Å². The van der Waals surface area contributed by atoms with E-state index in [0.717, 1.165) is 0 Å². The van der Waals surface area contributed by atoms with Gasteiger partial charge in [0.25, 0.3) is 0 Å². The molecule has 5 heteroatoms. The lowest BCUT2D eigenvalue weighted by atomic mass is 10.0. The van der Waals surface area contributed by atoms with E-state index in [4.69, 9.17) is 16.3 Å². The monoisotopic (exact) mass is 287 g/mol. The van der Waals surface area contributed by atoms with E-state index in [1.807, 2.05) is 18.2 Å². The molecule has 0 radical (unpaired) electrons. The first-order valence-corrected chi connectivity index (χ1v) is 6.36. The summed E-state index contributed by atoms with van der Waals surface area (Å²) in [7, 11) is 0. The van der Waals surface area contributed by atoms with E-state index in [0.29, 0.717) is 10.6 Å². The molecular formula is C15H10ClNO3. The molecule has 100 valence electrons. The van der Waals surface area contributed by atoms with Crippen LogP contribution in [0.5, 0.6) is 0 Å². The molecule has 3 rings (SSSR count). The molecule has 20 heavy (non-hydrogen) atoms. The second kappa shape index (κ2) is 4.98. The number of halogens is 1. The first-order chi connectivity index (χ1) is 9.68. The van der Waals surface area contributed by atoms with E-state index < -0.39 is 12.1 Å². The second-order valence-electron chi connectivity index (χ2n) is 4.29. The van der Waals surface area contributed by atoms with Crippen LogP contribution in [0.2, 0.25) is 5.02 Å². The molecule has 0 saturated carbocycles. The quantitative estimate of drug-likeness (QED) is 0.861. The van der Waals surface area contributed by atoms with E-state index in [9.17, 15) is 9.90 Å². The lowest BCUT2D eigenvalue weighted by Gasteiger charge is -2.09. The minimum absolute atomic E-state index is 0.0180. The van der Waals surface area contributed by atoms with Gasteiger partial charge in [0.1, 0.15) is 5.57 Å². The maximum atomic E-state index is 12.0. The Kier molecular flexibility index (Phi) is 3.16. The van der Waals surface area contributed by atoms with Crippen molar-refractivity contribution in [3.05, 3.63) is 70.7 Å². The number of aliphatic hydroxyl groups is 1. The fourth-order valence-electron chi connectivity index (χ4n) is 2.10. The Bertz CT molecular complexity index is 697. The van der Waals surface area contributed by atoms with E-state index in [2.05, 4.69) is 4.98 Å². The Morgan fingerprint density at radius 3 is 2.60 bits per heavy atom. The molecule has 2 heterocycles. The molecule has 0 fully saturated rings. The van der Waals surface area contributed by atoms with Crippen LogP contribution < -0.4 is 0 Å². The number of carbonyl (C=O) groups is 1. The maximum absolute atomic E-state index is 12.0. The predicted octanol–water partition coefficient (Wildman–Crippen LogP) is 3.30. The highest BCUT2D eigenvalue weighted by atomic mass is 35.5. The molecule has 0 spiro atoms. The minimum Gasteiger partial charge on any atom is -0.507 e. The third-order valence-corrected chi connectivity index (χ3v) is 3.34. The lowest BCUT2D eigenvalue weighted by Crippen LogP contribution is -2.03. The van der Waals surface area contributed by atoms with Crippen molar-refractivity contribution >= 4 is 23.1 Å². The summed E-state index contributed by atoms with van der Waals surface area (Å²) in [6.07, 6.45) is 0.696. The number of hydrogen-bond acceptors (Lipinski definition) is 4. The van der Waals surface area contributed by atoms with Gasteiger partial charge in [-0.1, -0.05) is 41.9 Å². The highest BCUT2D eigenvalue weighted by molar-refractivity contribution is 6.34. The van der Waals surface area contributed by atoms with Gasteiger partial charge in [-0.3, -0.25) is 4.98 Å². The summed E-state index contributed by atoms with van der Waals surface area (Å²) in [5.41, 5.74) is 0.944. The number of nitrogens with zero attached hydrogens (tertiary/aromatic N) is 1. The van der Waals surface area contributed by atoms with Crippen LogP contribution in [-0.2, 0) is 9.53 Å². The molecule has 1 aliphatic rings. The Balaban J connectivity index is 2.09. The topological polar surface area (TPSA) is 59.4 Å². The van der Waals surface area contributed by atoms with E-state index in [1.165, 1.54) is 6.20 Å². The molecule has 0 amide bonds. The van der Waals surface area contributed by atoms with Crippen LogP contribution in [0, 0.1) is 0 Å². The van der Waals surface area contributed by atoms with Gasteiger partial charge in [0.2, 0.25) is 0 Å². The van der Waals surface area contributed by atoms with E-state index >= 15 is 0 Å². The van der Waals surface area contributed by atoms with Crippen LogP contribution in [0.3, 0.4) is 0 Å². The number of hydrogen-bond donors (Lipinski definition) is 1. The smallest absolute Gasteiger partial charge is 0.345 e. The summed E-state index contributed by atoms with van der Waals surface area (Å²) in [5.74, 6) is -0.793. The van der Waals surface area contributed by atoms with Gasteiger partial charge in [0.05, 0.1) is 10.7 Å². The number of aliphatic hydroxyl groups excluding tert-OH is 1. The highest BCUT2D eigenvalue weighted by Crippen LogP contribution is 2.38. The molecule has 4 nitrogen and oxygen atoms in total. The summed E-state index contributed by atoms with van der Waals surface area (Å²) in [6.45, 7) is 0. The average molecular weight is 288 g/mol. The number of aromatic nitrogens is 1. The van der Waals surface area contributed by atoms with E-state index in [-0.39, 0.29) is 17.0 Å². The van der Waals surface area contributed by atoms with Crippen LogP contribution in [0.1, 0.15) is 17.4 Å². The van der Waals surface area contributed by atoms with Gasteiger partial charge in [-0.15, -0.1) is 0 Å². The number of esters is 1. The van der Waals surface area contributed by atoms with Gasteiger partial charge in [0.15, 0.2) is 11.9 Å². The molecule has 0 aliphatic carbocycles. The fourth-order valence-corrected chi connectivity index (χ4v) is 2.31. The molecule has 2 aromatic rings. The zero-order chi connectivity index (χ0) is 14.1. The summed E-state index contributed by atoms with van der Waals surface area (Å²) < 4.78 is 5.22. The van der Waals surface area contributed by atoms with E-state index in [1.54, 1.807) is 24.3 Å². The molecule has 1 atom stereocenters. The number of benzene rings is 1. The first-order valence-electron chi connectivity index (χ1n) is 5.98. The summed E-state index contributed by atoms with van der Waals surface area (Å²) >= 11 is 6.01. The fraction of sp³-hybridized carbons (Fsp3) is 0.0667. The zero-order valence-corrected chi connectivity index (χ0v) is 11.0. The minimum atomic E-state index is -0.809. The lowest BCUT2D eigenvalue weighted by molar-refractivity contribution is -0.138. The number of rotatable bonds is 2. The number of cyclic esters (lactones) is 1. The van der Waals surface area contributed by atoms with Gasteiger partial charge in [0, 0.05) is 11.8 Å². The Morgan fingerprint density at radius 2 is 1.90 bits per heavy atom. The van der Waals surface area contributed by atoms with Gasteiger partial charge < -0.3 is 9.84 Å². The Hall–Kier alpha value is -2.33. The SMILES string of the molecule is O=C1OC(c2ccccc2)C(O)=C1c1ncccc1Cl. The van der Waals surface area contributed by atoms with Crippen molar-refractivity contribution in [1.29, 1.82) is 0 Å². The molecular weight excluding hydrogens is 278 g/mol. The summed E-state index contributed by atoms with van der Waals surface area (Å²) in [6, 6.07) is 12.3. The third-order valence-electron chi connectivity index (χ3n) is 3.03. The number of carbonyl (C=O) groups excluding carboxylic acids is 1. The van der Waals surface area contributed by atoms with Crippen molar-refractivity contribution in [3.63, 3.8) is 0 Å². The molecule has 0 saturated heterocycles. The largest absolute Gasteiger partial charge is 0.507 e.